The molecule has 1 aromatic carbocycles. The van der Waals surface area contributed by atoms with Crippen molar-refractivity contribution in [3.63, 3.8) is 0 Å². The molecule has 24 heavy (non-hydrogen) atoms. The van der Waals surface area contributed by atoms with Crippen molar-refractivity contribution >= 4 is 33.8 Å². The predicted molar refractivity (Wildman–Crippen MR) is 84.8 cm³/mol. The number of halogens is 3. The van der Waals surface area contributed by atoms with Crippen LogP contribution in [0.15, 0.2) is 35.6 Å². The van der Waals surface area contributed by atoms with Crippen LogP contribution in [-0.2, 0) is 15.7 Å². The summed E-state index contributed by atoms with van der Waals surface area (Å²) >= 11 is 1.01. The Morgan fingerprint density at radius 3 is 2.79 bits per heavy atom. The van der Waals surface area contributed by atoms with Gasteiger partial charge in [0.2, 0.25) is 0 Å². The normalized spacial score (nSPS) is 12.1. The maximum Gasteiger partial charge on any atom is 0.416 e. The number of nitrogen functional groups attached to an aromatic ring is 1. The topological polar surface area (TPSA) is 89.6 Å². The van der Waals surface area contributed by atoms with Gasteiger partial charge in [-0.15, -0.1) is 0 Å². The van der Waals surface area contributed by atoms with Crippen LogP contribution in [0, 0.1) is 0 Å². The van der Waals surface area contributed by atoms with Crippen molar-refractivity contribution in [1.82, 2.24) is 4.98 Å². The van der Waals surface area contributed by atoms with Gasteiger partial charge >= 0.3 is 12.1 Å². The number of carbonyl (C=O) groups is 1. The first-order valence-electron chi connectivity index (χ1n) is 6.71. The van der Waals surface area contributed by atoms with Gasteiger partial charge in [-0.3, -0.25) is 5.43 Å². The van der Waals surface area contributed by atoms with Crippen LogP contribution < -0.4 is 11.2 Å². The Kier molecular flexibility index (Phi) is 5.39. The fraction of sp³-hybridized carbons (Fsp3) is 0.214. The summed E-state index contributed by atoms with van der Waals surface area (Å²) in [4.78, 5) is 16.1. The lowest BCUT2D eigenvalue weighted by Gasteiger charge is -2.09. The highest BCUT2D eigenvalue weighted by atomic mass is 32.1. The second kappa shape index (κ2) is 7.30. The molecular weight excluding hydrogens is 345 g/mol. The van der Waals surface area contributed by atoms with E-state index in [0.717, 1.165) is 23.5 Å². The van der Waals surface area contributed by atoms with Gasteiger partial charge in [-0.2, -0.15) is 18.3 Å². The summed E-state index contributed by atoms with van der Waals surface area (Å²) in [5, 5.41) is 4.08. The number of nitrogens with one attached hydrogen (secondary N) is 1. The molecular formula is C14H13F3N4O2S. The molecule has 0 aliphatic carbocycles. The minimum atomic E-state index is -4.47. The molecule has 128 valence electrons. The molecule has 2 rings (SSSR count). The minimum absolute atomic E-state index is 0.0733. The number of thiazole rings is 1. The molecule has 10 heteroatoms. The number of esters is 1. The third-order valence-electron chi connectivity index (χ3n) is 2.71. The maximum atomic E-state index is 12.7. The highest BCUT2D eigenvalue weighted by Gasteiger charge is 2.30. The number of alkyl halides is 3. The highest BCUT2D eigenvalue weighted by molar-refractivity contribution is 7.18. The number of hydrazone groups is 1. The summed E-state index contributed by atoms with van der Waals surface area (Å²) < 4.78 is 43.0. The van der Waals surface area contributed by atoms with Gasteiger partial charge in [0.05, 0.1) is 22.7 Å². The van der Waals surface area contributed by atoms with Crippen LogP contribution in [-0.4, -0.2) is 23.3 Å². The lowest BCUT2D eigenvalue weighted by Crippen LogP contribution is -2.19. The third kappa shape index (κ3) is 4.44. The molecule has 0 aliphatic heterocycles. The number of anilines is 2. The highest BCUT2D eigenvalue weighted by Crippen LogP contribution is 2.30. The maximum absolute atomic E-state index is 12.7. The van der Waals surface area contributed by atoms with E-state index >= 15 is 0 Å². The Hall–Kier alpha value is -2.62. The van der Waals surface area contributed by atoms with Gasteiger partial charge in [-0.25, -0.2) is 9.78 Å². The van der Waals surface area contributed by atoms with E-state index in [9.17, 15) is 18.0 Å². The van der Waals surface area contributed by atoms with E-state index in [1.165, 1.54) is 18.3 Å². The quantitative estimate of drug-likeness (QED) is 0.487. The Bertz CT molecular complexity index is 758. The van der Waals surface area contributed by atoms with Crippen molar-refractivity contribution in [3.05, 3.63) is 40.9 Å². The molecule has 0 spiro atoms. The van der Waals surface area contributed by atoms with Crippen molar-refractivity contribution < 1.29 is 22.7 Å². The van der Waals surface area contributed by atoms with E-state index in [2.05, 4.69) is 15.5 Å². The van der Waals surface area contributed by atoms with Crippen LogP contribution >= 0.6 is 11.3 Å². The molecule has 0 atom stereocenters. The third-order valence-corrected chi connectivity index (χ3v) is 3.55. The number of hydrogen-bond acceptors (Lipinski definition) is 7. The number of ether oxygens (including phenoxy) is 1. The van der Waals surface area contributed by atoms with Gasteiger partial charge in [0.25, 0.3) is 0 Å². The summed E-state index contributed by atoms with van der Waals surface area (Å²) in [5.41, 5.74) is 7.07. The van der Waals surface area contributed by atoms with Crippen LogP contribution in [0.5, 0.6) is 0 Å². The molecule has 0 aliphatic rings. The average molecular weight is 358 g/mol. The van der Waals surface area contributed by atoms with Crippen molar-refractivity contribution in [2.24, 2.45) is 5.10 Å². The van der Waals surface area contributed by atoms with Gasteiger partial charge in [-0.05, 0) is 25.1 Å². The van der Waals surface area contributed by atoms with Crippen LogP contribution in [0.1, 0.15) is 17.4 Å². The van der Waals surface area contributed by atoms with Crippen LogP contribution in [0.2, 0.25) is 0 Å². The number of carbonyl (C=O) groups excluding carboxylic acids is 1. The Morgan fingerprint density at radius 2 is 2.21 bits per heavy atom. The summed E-state index contributed by atoms with van der Waals surface area (Å²) in [7, 11) is 0. The zero-order chi connectivity index (χ0) is 17.7. The number of benzene rings is 1. The first-order chi connectivity index (χ1) is 11.3. The van der Waals surface area contributed by atoms with Gasteiger partial charge in [0.1, 0.15) is 0 Å². The molecule has 3 N–H and O–H groups in total. The lowest BCUT2D eigenvalue weighted by molar-refractivity contribution is -0.137. The zero-order valence-electron chi connectivity index (χ0n) is 12.4. The molecule has 0 bridgehead atoms. The smallest absolute Gasteiger partial charge is 0.416 e. The largest absolute Gasteiger partial charge is 0.461 e. The molecule has 1 heterocycles. The van der Waals surface area contributed by atoms with E-state index < -0.39 is 17.7 Å². The van der Waals surface area contributed by atoms with Gasteiger partial charge in [-0.1, -0.05) is 17.4 Å². The van der Waals surface area contributed by atoms with Gasteiger partial charge < -0.3 is 10.5 Å². The Balaban J connectivity index is 2.29. The van der Waals surface area contributed by atoms with E-state index in [1.54, 1.807) is 6.92 Å². The van der Waals surface area contributed by atoms with E-state index in [1.807, 2.05) is 0 Å². The Morgan fingerprint density at radius 1 is 1.46 bits per heavy atom. The average Bonchev–Trinajstić information content (AvgIpc) is 2.93. The zero-order valence-corrected chi connectivity index (χ0v) is 13.2. The molecule has 0 fully saturated rings. The van der Waals surface area contributed by atoms with E-state index in [0.29, 0.717) is 4.88 Å². The Labute approximate surface area is 139 Å². The summed E-state index contributed by atoms with van der Waals surface area (Å²) in [6.07, 6.45) is -3.14. The van der Waals surface area contributed by atoms with E-state index in [-0.39, 0.29) is 23.1 Å². The van der Waals surface area contributed by atoms with Gasteiger partial charge in [0.15, 0.2) is 10.8 Å². The molecule has 1 aromatic heterocycles. The fourth-order valence-corrected chi connectivity index (χ4v) is 2.35. The molecule has 0 saturated carbocycles. The first-order valence-corrected chi connectivity index (χ1v) is 7.52. The summed E-state index contributed by atoms with van der Waals surface area (Å²) in [6, 6.07) is 4.44. The second-order valence-corrected chi connectivity index (χ2v) is 5.50. The number of hydrogen-bond donors (Lipinski definition) is 2. The number of nitrogens with zero attached hydrogens (tertiary/aromatic N) is 2. The molecule has 0 unspecified atom stereocenters. The monoisotopic (exact) mass is 358 g/mol. The lowest BCUT2D eigenvalue weighted by atomic mass is 10.2. The SMILES string of the molecule is CCOC(=O)/C(=N\Nc1cccc(C(F)(F)F)c1)c1cnc(N)s1. The summed E-state index contributed by atoms with van der Waals surface area (Å²) in [6.45, 7) is 1.74. The number of aromatic nitrogens is 1. The fourth-order valence-electron chi connectivity index (χ4n) is 1.68. The van der Waals surface area contributed by atoms with Crippen molar-refractivity contribution in [3.8, 4) is 0 Å². The second-order valence-electron chi connectivity index (χ2n) is 4.43. The standard InChI is InChI=1S/C14H13F3N4O2S/c1-2-23-12(22)11(10-7-19-13(18)24-10)21-20-9-5-3-4-8(6-9)14(15,16)17/h3-7,20H,2H2,1H3,(H2,18,19)/b21-11-. The minimum Gasteiger partial charge on any atom is -0.461 e. The summed E-state index contributed by atoms with van der Waals surface area (Å²) in [5.74, 6) is -0.736. The van der Waals surface area contributed by atoms with Crippen LogP contribution in [0.4, 0.5) is 24.0 Å². The van der Waals surface area contributed by atoms with Crippen LogP contribution in [0.25, 0.3) is 0 Å². The molecule has 2 aromatic rings. The molecule has 0 saturated heterocycles. The first kappa shape index (κ1) is 17.7. The predicted octanol–water partition coefficient (Wildman–Crippen LogP) is 3.12. The van der Waals surface area contributed by atoms with Crippen LogP contribution in [0.3, 0.4) is 0 Å². The number of nitrogens with two attached hydrogens (primary N) is 1. The van der Waals surface area contributed by atoms with Crippen molar-refractivity contribution in [2.75, 3.05) is 17.8 Å². The van der Waals surface area contributed by atoms with Crippen molar-refractivity contribution in [2.45, 2.75) is 13.1 Å². The van der Waals surface area contributed by atoms with Crippen molar-refractivity contribution in [1.29, 1.82) is 0 Å². The van der Waals surface area contributed by atoms with Gasteiger partial charge in [0, 0.05) is 6.20 Å². The van der Waals surface area contributed by atoms with E-state index in [4.69, 9.17) is 10.5 Å². The molecule has 0 amide bonds. The number of rotatable bonds is 5. The molecule has 6 nitrogen and oxygen atoms in total. The molecule has 0 radical (unpaired) electrons.